The van der Waals surface area contributed by atoms with Crippen molar-refractivity contribution in [3.63, 3.8) is 0 Å². The summed E-state index contributed by atoms with van der Waals surface area (Å²) < 4.78 is 6.05. The van der Waals surface area contributed by atoms with Gasteiger partial charge in [-0.2, -0.15) is 0 Å². The highest BCUT2D eigenvalue weighted by Gasteiger charge is 2.11. The van der Waals surface area contributed by atoms with Gasteiger partial charge in [-0.05, 0) is 24.3 Å². The first-order valence-electron chi connectivity index (χ1n) is 5.79. The van der Waals surface area contributed by atoms with Crippen molar-refractivity contribution >= 4 is 38.3 Å². The van der Waals surface area contributed by atoms with Gasteiger partial charge in [0.2, 0.25) is 0 Å². The highest BCUT2D eigenvalue weighted by molar-refractivity contribution is 9.10. The molecular formula is C14H9BrN2O2S. The molecule has 20 heavy (non-hydrogen) atoms. The molecule has 0 saturated heterocycles. The lowest BCUT2D eigenvalue weighted by atomic mass is 10.2. The van der Waals surface area contributed by atoms with Gasteiger partial charge < -0.3 is 4.42 Å². The van der Waals surface area contributed by atoms with Crippen molar-refractivity contribution in [2.24, 2.45) is 0 Å². The average molecular weight is 349 g/mol. The number of thiazole rings is 1. The number of halogens is 1. The van der Waals surface area contributed by atoms with E-state index in [2.05, 4.69) is 26.2 Å². The Labute approximate surface area is 127 Å². The van der Waals surface area contributed by atoms with Crippen molar-refractivity contribution in [1.82, 2.24) is 4.98 Å². The minimum Gasteiger partial charge on any atom is -0.459 e. The number of aromatic nitrogens is 1. The maximum absolute atomic E-state index is 11.8. The van der Waals surface area contributed by atoms with E-state index in [1.54, 1.807) is 12.1 Å². The van der Waals surface area contributed by atoms with Gasteiger partial charge in [-0.3, -0.25) is 10.1 Å². The molecule has 1 N–H and O–H groups in total. The molecule has 4 nitrogen and oxygen atoms in total. The average Bonchev–Trinajstić information content (AvgIpc) is 3.10. The smallest absolute Gasteiger partial charge is 0.293 e. The Bertz CT molecular complexity index is 720. The molecule has 6 heteroatoms. The molecule has 2 aromatic heterocycles. The summed E-state index contributed by atoms with van der Waals surface area (Å²) in [5, 5.41) is 5.16. The van der Waals surface area contributed by atoms with E-state index in [1.807, 2.05) is 29.6 Å². The van der Waals surface area contributed by atoms with Gasteiger partial charge in [-0.1, -0.05) is 28.1 Å². The predicted octanol–water partition coefficient (Wildman–Crippen LogP) is 4.42. The summed E-state index contributed by atoms with van der Waals surface area (Å²) in [7, 11) is 0. The molecule has 0 fully saturated rings. The first-order chi connectivity index (χ1) is 9.72. The fourth-order valence-electron chi connectivity index (χ4n) is 1.65. The maximum atomic E-state index is 11.8. The Balaban J connectivity index is 1.77. The Kier molecular flexibility index (Phi) is 3.66. The summed E-state index contributed by atoms with van der Waals surface area (Å²) in [6, 6.07) is 11.1. The first kappa shape index (κ1) is 13.1. The molecule has 0 aliphatic carbocycles. The number of nitrogens with zero attached hydrogens (tertiary/aromatic N) is 1. The zero-order valence-electron chi connectivity index (χ0n) is 10.2. The topological polar surface area (TPSA) is 55.1 Å². The van der Waals surface area contributed by atoms with Crippen molar-refractivity contribution in [1.29, 1.82) is 0 Å². The first-order valence-corrected chi connectivity index (χ1v) is 7.46. The van der Waals surface area contributed by atoms with Gasteiger partial charge >= 0.3 is 0 Å². The molecule has 1 amide bonds. The highest BCUT2D eigenvalue weighted by Crippen LogP contribution is 2.26. The third-order valence-corrected chi connectivity index (χ3v) is 3.90. The van der Waals surface area contributed by atoms with E-state index < -0.39 is 0 Å². The molecule has 0 spiro atoms. The van der Waals surface area contributed by atoms with Gasteiger partial charge in [-0.15, -0.1) is 11.3 Å². The zero-order valence-corrected chi connectivity index (χ0v) is 12.6. The van der Waals surface area contributed by atoms with Crippen LogP contribution in [0.15, 0.2) is 56.9 Å². The van der Waals surface area contributed by atoms with Crippen LogP contribution in [-0.2, 0) is 0 Å². The van der Waals surface area contributed by atoms with Crippen molar-refractivity contribution < 1.29 is 9.21 Å². The second-order valence-electron chi connectivity index (χ2n) is 3.98. The Morgan fingerprint density at radius 1 is 1.25 bits per heavy atom. The lowest BCUT2D eigenvalue weighted by molar-refractivity contribution is 0.0996. The molecule has 0 bridgehead atoms. The fourth-order valence-corrected chi connectivity index (χ4v) is 2.63. The third kappa shape index (κ3) is 2.81. The molecule has 100 valence electrons. The van der Waals surface area contributed by atoms with Crippen LogP contribution >= 0.6 is 27.3 Å². The van der Waals surface area contributed by atoms with Crippen molar-refractivity contribution in [2.75, 3.05) is 5.32 Å². The zero-order chi connectivity index (χ0) is 13.9. The molecular weight excluding hydrogens is 340 g/mol. The quantitative estimate of drug-likeness (QED) is 0.762. The number of furan rings is 1. The number of amides is 1. The number of carbonyl (C=O) groups is 1. The van der Waals surface area contributed by atoms with Crippen LogP contribution in [0.25, 0.3) is 11.3 Å². The van der Waals surface area contributed by atoms with Gasteiger partial charge in [-0.25, -0.2) is 4.98 Å². The van der Waals surface area contributed by atoms with E-state index in [4.69, 9.17) is 4.42 Å². The van der Waals surface area contributed by atoms with Crippen LogP contribution in [0.3, 0.4) is 0 Å². The largest absolute Gasteiger partial charge is 0.459 e. The molecule has 0 saturated carbocycles. The van der Waals surface area contributed by atoms with Gasteiger partial charge in [0.1, 0.15) is 0 Å². The van der Waals surface area contributed by atoms with Crippen LogP contribution in [0.1, 0.15) is 10.6 Å². The molecule has 3 rings (SSSR count). The molecule has 2 heterocycles. The predicted molar refractivity (Wildman–Crippen MR) is 81.9 cm³/mol. The fraction of sp³-hybridized carbons (Fsp3) is 0. The Hall–Kier alpha value is -1.92. The maximum Gasteiger partial charge on any atom is 0.293 e. The van der Waals surface area contributed by atoms with Crippen LogP contribution in [0.2, 0.25) is 0 Å². The minimum atomic E-state index is -0.299. The lowest BCUT2D eigenvalue weighted by Gasteiger charge is -1.98. The highest BCUT2D eigenvalue weighted by atomic mass is 79.9. The lowest BCUT2D eigenvalue weighted by Crippen LogP contribution is -2.10. The van der Waals surface area contributed by atoms with E-state index in [0.29, 0.717) is 5.13 Å². The minimum absolute atomic E-state index is 0.269. The molecule has 0 radical (unpaired) electrons. The molecule has 0 aliphatic heterocycles. The Morgan fingerprint density at radius 2 is 2.05 bits per heavy atom. The molecule has 0 unspecified atom stereocenters. The summed E-state index contributed by atoms with van der Waals surface area (Å²) in [5.74, 6) is -0.0305. The SMILES string of the molecule is O=C(Nc1nc(-c2ccc(Br)cc2)cs1)c1ccco1. The number of rotatable bonds is 3. The standard InChI is InChI=1S/C14H9BrN2O2S/c15-10-5-3-9(4-6-10)11-8-20-14(16-11)17-13(18)12-2-1-7-19-12/h1-8H,(H,16,17,18). The van der Waals surface area contributed by atoms with Gasteiger partial charge in [0.15, 0.2) is 10.9 Å². The van der Waals surface area contributed by atoms with Crippen molar-refractivity contribution in [3.05, 3.63) is 58.3 Å². The van der Waals surface area contributed by atoms with E-state index in [0.717, 1.165) is 15.7 Å². The second-order valence-corrected chi connectivity index (χ2v) is 5.75. The van der Waals surface area contributed by atoms with Gasteiger partial charge in [0, 0.05) is 15.4 Å². The van der Waals surface area contributed by atoms with Gasteiger partial charge in [0.05, 0.1) is 12.0 Å². The van der Waals surface area contributed by atoms with E-state index in [1.165, 1.54) is 17.6 Å². The summed E-state index contributed by atoms with van der Waals surface area (Å²) in [5.41, 5.74) is 1.83. The van der Waals surface area contributed by atoms with Crippen LogP contribution in [0.5, 0.6) is 0 Å². The van der Waals surface area contributed by atoms with Crippen LogP contribution < -0.4 is 5.32 Å². The van der Waals surface area contributed by atoms with E-state index in [9.17, 15) is 4.79 Å². The summed E-state index contributed by atoms with van der Waals surface area (Å²) >= 11 is 4.77. The normalized spacial score (nSPS) is 10.4. The van der Waals surface area contributed by atoms with Crippen LogP contribution in [0.4, 0.5) is 5.13 Å². The Morgan fingerprint density at radius 3 is 2.75 bits per heavy atom. The van der Waals surface area contributed by atoms with Crippen LogP contribution in [0, 0.1) is 0 Å². The number of hydrogen-bond acceptors (Lipinski definition) is 4. The summed E-state index contributed by atoms with van der Waals surface area (Å²) in [4.78, 5) is 16.2. The number of carbonyl (C=O) groups excluding carboxylic acids is 1. The third-order valence-electron chi connectivity index (χ3n) is 2.61. The number of anilines is 1. The molecule has 0 aliphatic rings. The second kappa shape index (κ2) is 5.60. The summed E-state index contributed by atoms with van der Waals surface area (Å²) in [6.45, 7) is 0. The molecule has 3 aromatic rings. The van der Waals surface area contributed by atoms with Crippen molar-refractivity contribution in [3.8, 4) is 11.3 Å². The van der Waals surface area contributed by atoms with E-state index >= 15 is 0 Å². The van der Waals surface area contributed by atoms with E-state index in [-0.39, 0.29) is 11.7 Å². The number of benzene rings is 1. The molecule has 1 aromatic carbocycles. The van der Waals surface area contributed by atoms with Gasteiger partial charge in [0.25, 0.3) is 5.91 Å². The number of nitrogens with one attached hydrogen (secondary N) is 1. The van der Waals surface area contributed by atoms with Crippen LogP contribution in [-0.4, -0.2) is 10.9 Å². The summed E-state index contributed by atoms with van der Waals surface area (Å²) in [6.07, 6.45) is 1.46. The number of hydrogen-bond donors (Lipinski definition) is 1. The monoisotopic (exact) mass is 348 g/mol. The van der Waals surface area contributed by atoms with Crippen molar-refractivity contribution in [2.45, 2.75) is 0 Å². The molecule has 0 atom stereocenters.